The lowest BCUT2D eigenvalue weighted by molar-refractivity contribution is -0.115. The van der Waals surface area contributed by atoms with Crippen molar-refractivity contribution < 1.29 is 4.79 Å². The molecule has 8 heteroatoms. The number of nitrogens with zero attached hydrogens (tertiary/aromatic N) is 3. The van der Waals surface area contributed by atoms with E-state index >= 15 is 0 Å². The third kappa shape index (κ3) is 4.85. The molecule has 1 fully saturated rings. The highest BCUT2D eigenvalue weighted by Gasteiger charge is 2.17. The molecule has 25 heavy (non-hydrogen) atoms. The van der Waals surface area contributed by atoms with Crippen LogP contribution in [0.5, 0.6) is 0 Å². The highest BCUT2D eigenvalue weighted by molar-refractivity contribution is 8.02. The number of benzene rings is 1. The van der Waals surface area contributed by atoms with Gasteiger partial charge in [-0.15, -0.1) is 10.2 Å². The maximum Gasteiger partial charge on any atom is 0.237 e. The SMILES string of the molecule is CNc1nnc(S[C@H](C)C(=O)Nc2ccc(N3CCCCC3)cc2)s1. The van der Waals surface area contributed by atoms with E-state index < -0.39 is 0 Å². The number of anilines is 3. The summed E-state index contributed by atoms with van der Waals surface area (Å²) in [6, 6.07) is 8.12. The van der Waals surface area contributed by atoms with Crippen molar-refractivity contribution in [1.82, 2.24) is 10.2 Å². The van der Waals surface area contributed by atoms with Crippen molar-refractivity contribution in [3.63, 3.8) is 0 Å². The van der Waals surface area contributed by atoms with Crippen LogP contribution in [0.2, 0.25) is 0 Å². The van der Waals surface area contributed by atoms with Gasteiger partial charge in [-0.25, -0.2) is 0 Å². The van der Waals surface area contributed by atoms with Gasteiger partial charge in [0.1, 0.15) is 0 Å². The monoisotopic (exact) mass is 377 g/mol. The van der Waals surface area contributed by atoms with Gasteiger partial charge in [0.2, 0.25) is 11.0 Å². The van der Waals surface area contributed by atoms with Crippen LogP contribution in [-0.2, 0) is 4.79 Å². The third-order valence-corrected chi connectivity index (χ3v) is 6.25. The summed E-state index contributed by atoms with van der Waals surface area (Å²) in [6.45, 7) is 4.12. The Kier molecular flexibility index (Phi) is 6.14. The number of hydrogen-bond acceptors (Lipinski definition) is 7. The molecule has 1 saturated heterocycles. The van der Waals surface area contributed by atoms with Crippen LogP contribution in [-0.4, -0.2) is 41.5 Å². The Labute approximate surface area is 156 Å². The average Bonchev–Trinajstić information content (AvgIpc) is 3.10. The molecule has 3 rings (SSSR count). The van der Waals surface area contributed by atoms with Gasteiger partial charge in [-0.05, 0) is 50.5 Å². The Morgan fingerprint density at radius 1 is 1.20 bits per heavy atom. The standard InChI is InChI=1S/C17H23N5OS2/c1-12(24-17-21-20-16(18-2)25-17)15(23)19-13-6-8-14(9-7-13)22-10-4-3-5-11-22/h6-9,12H,3-5,10-11H2,1-2H3,(H,18,20)(H,19,23)/t12-/m1/s1. The Morgan fingerprint density at radius 3 is 2.56 bits per heavy atom. The quantitative estimate of drug-likeness (QED) is 0.748. The van der Waals surface area contributed by atoms with E-state index in [1.807, 2.05) is 19.1 Å². The average molecular weight is 378 g/mol. The molecule has 0 spiro atoms. The summed E-state index contributed by atoms with van der Waals surface area (Å²) in [5.74, 6) is -0.0306. The number of nitrogens with one attached hydrogen (secondary N) is 2. The van der Waals surface area contributed by atoms with E-state index in [2.05, 4.69) is 37.9 Å². The minimum Gasteiger partial charge on any atom is -0.372 e. The second-order valence-electron chi connectivity index (χ2n) is 5.97. The first-order valence-electron chi connectivity index (χ1n) is 8.49. The zero-order valence-electron chi connectivity index (χ0n) is 14.5. The summed E-state index contributed by atoms with van der Waals surface area (Å²) in [4.78, 5) is 14.8. The van der Waals surface area contributed by atoms with Crippen LogP contribution in [0.25, 0.3) is 0 Å². The largest absolute Gasteiger partial charge is 0.372 e. The van der Waals surface area contributed by atoms with E-state index in [0.29, 0.717) is 0 Å². The molecular weight excluding hydrogens is 354 g/mol. The van der Waals surface area contributed by atoms with Gasteiger partial charge in [0.25, 0.3) is 0 Å². The summed E-state index contributed by atoms with van der Waals surface area (Å²) in [5.41, 5.74) is 2.06. The van der Waals surface area contributed by atoms with Crippen molar-refractivity contribution in [3.8, 4) is 0 Å². The number of piperidine rings is 1. The molecule has 0 aliphatic carbocycles. The summed E-state index contributed by atoms with van der Waals surface area (Å²) in [5, 5.41) is 14.5. The van der Waals surface area contributed by atoms with Crippen LogP contribution < -0.4 is 15.5 Å². The molecule has 1 aliphatic rings. The molecule has 1 aliphatic heterocycles. The van der Waals surface area contributed by atoms with E-state index in [1.165, 1.54) is 48.0 Å². The molecule has 6 nitrogen and oxygen atoms in total. The molecule has 1 aromatic carbocycles. The van der Waals surface area contributed by atoms with Gasteiger partial charge in [-0.1, -0.05) is 23.1 Å². The van der Waals surface area contributed by atoms with E-state index in [9.17, 15) is 4.79 Å². The fourth-order valence-corrected chi connectivity index (χ4v) is 4.56. The molecule has 134 valence electrons. The van der Waals surface area contributed by atoms with Gasteiger partial charge >= 0.3 is 0 Å². The molecule has 0 unspecified atom stereocenters. The zero-order chi connectivity index (χ0) is 17.6. The molecule has 1 atom stereocenters. The molecule has 0 bridgehead atoms. The third-order valence-electron chi connectivity index (χ3n) is 4.12. The van der Waals surface area contributed by atoms with E-state index in [0.717, 1.165) is 28.2 Å². The first-order chi connectivity index (χ1) is 12.2. The first-order valence-corrected chi connectivity index (χ1v) is 10.2. The number of thioether (sulfide) groups is 1. The van der Waals surface area contributed by atoms with Crippen LogP contribution in [0, 0.1) is 0 Å². The van der Waals surface area contributed by atoms with Crippen LogP contribution in [0.4, 0.5) is 16.5 Å². The van der Waals surface area contributed by atoms with Crippen LogP contribution >= 0.6 is 23.1 Å². The fourth-order valence-electron chi connectivity index (χ4n) is 2.71. The van der Waals surface area contributed by atoms with Gasteiger partial charge in [0.05, 0.1) is 5.25 Å². The predicted octanol–water partition coefficient (Wildman–Crippen LogP) is 3.69. The lowest BCUT2D eigenvalue weighted by Gasteiger charge is -2.28. The topological polar surface area (TPSA) is 70.1 Å². The lowest BCUT2D eigenvalue weighted by Crippen LogP contribution is -2.29. The van der Waals surface area contributed by atoms with Crippen LogP contribution in [0.15, 0.2) is 28.6 Å². The Morgan fingerprint density at radius 2 is 1.92 bits per heavy atom. The highest BCUT2D eigenvalue weighted by Crippen LogP contribution is 2.29. The van der Waals surface area contributed by atoms with E-state index in [-0.39, 0.29) is 11.2 Å². The summed E-state index contributed by atoms with van der Waals surface area (Å²) in [6.07, 6.45) is 3.84. The maximum atomic E-state index is 12.4. The molecule has 0 radical (unpaired) electrons. The summed E-state index contributed by atoms with van der Waals surface area (Å²) < 4.78 is 0.785. The van der Waals surface area contributed by atoms with Crippen LogP contribution in [0.1, 0.15) is 26.2 Å². The second kappa shape index (κ2) is 8.53. The minimum atomic E-state index is -0.237. The van der Waals surface area contributed by atoms with Gasteiger partial charge in [0, 0.05) is 31.5 Å². The zero-order valence-corrected chi connectivity index (χ0v) is 16.1. The second-order valence-corrected chi connectivity index (χ2v) is 8.53. The highest BCUT2D eigenvalue weighted by atomic mass is 32.2. The van der Waals surface area contributed by atoms with Crippen molar-refractivity contribution in [2.45, 2.75) is 35.8 Å². The van der Waals surface area contributed by atoms with Crippen molar-refractivity contribution in [1.29, 1.82) is 0 Å². The number of rotatable bonds is 6. The minimum absolute atomic E-state index is 0.0306. The van der Waals surface area contributed by atoms with Gasteiger partial charge in [0.15, 0.2) is 4.34 Å². The van der Waals surface area contributed by atoms with E-state index in [1.54, 1.807) is 7.05 Å². The molecule has 1 amide bonds. The molecule has 2 heterocycles. The first kappa shape index (κ1) is 18.0. The Hall–Kier alpha value is -1.80. The number of amides is 1. The molecular formula is C17H23N5OS2. The van der Waals surface area contributed by atoms with Gasteiger partial charge in [-0.2, -0.15) is 0 Å². The van der Waals surface area contributed by atoms with Crippen molar-refractivity contribution in [2.75, 3.05) is 35.7 Å². The normalized spacial score (nSPS) is 15.7. The molecule has 1 aromatic heterocycles. The van der Waals surface area contributed by atoms with Crippen molar-refractivity contribution in [3.05, 3.63) is 24.3 Å². The smallest absolute Gasteiger partial charge is 0.237 e. The molecule has 0 saturated carbocycles. The van der Waals surface area contributed by atoms with Crippen molar-refractivity contribution >= 4 is 45.5 Å². The number of carbonyl (C=O) groups excluding carboxylic acids is 1. The summed E-state index contributed by atoms with van der Waals surface area (Å²) >= 11 is 2.86. The summed E-state index contributed by atoms with van der Waals surface area (Å²) in [7, 11) is 1.80. The van der Waals surface area contributed by atoms with Crippen LogP contribution in [0.3, 0.4) is 0 Å². The lowest BCUT2D eigenvalue weighted by atomic mass is 10.1. The van der Waals surface area contributed by atoms with Gasteiger partial charge < -0.3 is 15.5 Å². The Bertz CT molecular complexity index is 697. The molecule has 2 aromatic rings. The maximum absolute atomic E-state index is 12.4. The predicted molar refractivity (Wildman–Crippen MR) is 106 cm³/mol. The van der Waals surface area contributed by atoms with Crippen molar-refractivity contribution in [2.24, 2.45) is 0 Å². The Balaban J connectivity index is 1.54. The fraction of sp³-hybridized carbons (Fsp3) is 0.471. The number of hydrogen-bond donors (Lipinski definition) is 2. The number of carbonyl (C=O) groups is 1. The molecule has 2 N–H and O–H groups in total. The number of aromatic nitrogens is 2. The van der Waals surface area contributed by atoms with Gasteiger partial charge in [-0.3, -0.25) is 4.79 Å². The van der Waals surface area contributed by atoms with E-state index in [4.69, 9.17) is 0 Å².